The third kappa shape index (κ3) is 3.63. The number of rotatable bonds is 4. The van der Waals surface area contributed by atoms with Crippen molar-refractivity contribution >= 4 is 22.8 Å². The molecule has 1 aliphatic rings. The van der Waals surface area contributed by atoms with Gasteiger partial charge in [0.15, 0.2) is 0 Å². The van der Waals surface area contributed by atoms with Gasteiger partial charge in [-0.1, -0.05) is 37.3 Å². The van der Waals surface area contributed by atoms with E-state index < -0.39 is 0 Å². The van der Waals surface area contributed by atoms with Gasteiger partial charge < -0.3 is 14.8 Å². The Balaban J connectivity index is 1.54. The fourth-order valence-corrected chi connectivity index (χ4v) is 3.80. The fourth-order valence-electron chi connectivity index (χ4n) is 3.80. The molecule has 1 saturated heterocycles. The zero-order chi connectivity index (χ0) is 19.5. The number of imidazole rings is 1. The van der Waals surface area contributed by atoms with E-state index in [2.05, 4.69) is 16.9 Å². The highest BCUT2D eigenvalue weighted by Gasteiger charge is 2.31. The first kappa shape index (κ1) is 18.2. The Morgan fingerprint density at radius 3 is 2.82 bits per heavy atom. The number of hydrogen-bond acceptors (Lipinski definition) is 3. The summed E-state index contributed by atoms with van der Waals surface area (Å²) in [6.45, 7) is 3.65. The molecule has 1 aromatic heterocycles. The van der Waals surface area contributed by atoms with Gasteiger partial charge in [-0.15, -0.1) is 0 Å². The minimum Gasteiger partial charge on any atom is -0.345 e. The van der Waals surface area contributed by atoms with Crippen molar-refractivity contribution in [1.82, 2.24) is 19.8 Å². The van der Waals surface area contributed by atoms with E-state index in [9.17, 15) is 9.59 Å². The summed E-state index contributed by atoms with van der Waals surface area (Å²) in [5.41, 5.74) is 3.41. The van der Waals surface area contributed by atoms with Crippen molar-refractivity contribution < 1.29 is 9.59 Å². The van der Waals surface area contributed by atoms with Crippen LogP contribution in [0, 0.1) is 0 Å². The summed E-state index contributed by atoms with van der Waals surface area (Å²) in [5, 5.41) is 0. The lowest BCUT2D eigenvalue weighted by Gasteiger charge is -2.31. The Labute approximate surface area is 164 Å². The smallest absolute Gasteiger partial charge is 0.254 e. The van der Waals surface area contributed by atoms with E-state index in [1.807, 2.05) is 52.3 Å². The van der Waals surface area contributed by atoms with Gasteiger partial charge in [0.25, 0.3) is 5.91 Å². The maximum absolute atomic E-state index is 13.1. The number of amides is 2. The van der Waals surface area contributed by atoms with E-state index in [1.165, 1.54) is 0 Å². The number of H-pyrrole nitrogens is 1. The predicted octanol–water partition coefficient (Wildman–Crippen LogP) is 3.22. The molecule has 2 aromatic carbocycles. The molecule has 1 aliphatic heterocycles. The van der Waals surface area contributed by atoms with Crippen LogP contribution in [-0.4, -0.2) is 50.7 Å². The van der Waals surface area contributed by atoms with Gasteiger partial charge >= 0.3 is 0 Å². The van der Waals surface area contributed by atoms with Crippen molar-refractivity contribution in [3.8, 4) is 0 Å². The third-order valence-corrected chi connectivity index (χ3v) is 5.41. The first-order chi connectivity index (χ1) is 13.7. The number of carbonyl (C=O) groups excluding carboxylic acids is 2. The average molecular weight is 376 g/mol. The highest BCUT2D eigenvalue weighted by molar-refractivity contribution is 5.97. The molecule has 1 unspecified atom stereocenters. The molecule has 2 heterocycles. The first-order valence-electron chi connectivity index (χ1n) is 9.71. The number of hydrogen-bond donors (Lipinski definition) is 1. The lowest BCUT2D eigenvalue weighted by Crippen LogP contribution is -2.43. The molecule has 1 atom stereocenters. The van der Waals surface area contributed by atoms with Crippen LogP contribution in [0.2, 0.25) is 0 Å². The molecule has 0 radical (unpaired) electrons. The van der Waals surface area contributed by atoms with Crippen molar-refractivity contribution in [2.75, 3.05) is 13.1 Å². The molecular formula is C22H24N4O2. The van der Waals surface area contributed by atoms with Gasteiger partial charge in [-0.25, -0.2) is 4.98 Å². The summed E-state index contributed by atoms with van der Waals surface area (Å²) in [4.78, 5) is 36.9. The second kappa shape index (κ2) is 7.84. The Kier molecular flexibility index (Phi) is 5.10. The highest BCUT2D eigenvalue weighted by atomic mass is 16.2. The third-order valence-electron chi connectivity index (χ3n) is 5.41. The summed E-state index contributed by atoms with van der Waals surface area (Å²) >= 11 is 0. The van der Waals surface area contributed by atoms with Gasteiger partial charge in [-0.2, -0.15) is 0 Å². The largest absolute Gasteiger partial charge is 0.345 e. The molecular weight excluding hydrogens is 352 g/mol. The van der Waals surface area contributed by atoms with E-state index in [1.54, 1.807) is 12.4 Å². The van der Waals surface area contributed by atoms with Gasteiger partial charge in [0.1, 0.15) is 0 Å². The summed E-state index contributed by atoms with van der Waals surface area (Å²) < 4.78 is 0. The Bertz CT molecular complexity index is 982. The number of fused-ring (bicyclic) bond motifs is 1. The minimum absolute atomic E-state index is 0.00930. The molecule has 28 heavy (non-hydrogen) atoms. The molecule has 1 fully saturated rings. The fraction of sp³-hybridized carbons (Fsp3) is 0.318. The van der Waals surface area contributed by atoms with Crippen LogP contribution in [0.4, 0.5) is 0 Å². The monoisotopic (exact) mass is 376 g/mol. The molecule has 4 rings (SSSR count). The van der Waals surface area contributed by atoms with E-state index in [-0.39, 0.29) is 17.9 Å². The number of nitrogens with zero attached hydrogens (tertiary/aromatic N) is 3. The molecule has 0 spiro atoms. The topological polar surface area (TPSA) is 69.3 Å². The van der Waals surface area contributed by atoms with E-state index in [0.717, 1.165) is 23.0 Å². The summed E-state index contributed by atoms with van der Waals surface area (Å²) in [7, 11) is 0. The minimum atomic E-state index is -0.0377. The second-order valence-electron chi connectivity index (χ2n) is 7.20. The average Bonchev–Trinajstić information content (AvgIpc) is 3.14. The van der Waals surface area contributed by atoms with Gasteiger partial charge in [-0.3, -0.25) is 9.59 Å². The molecule has 144 valence electrons. The quantitative estimate of drug-likeness (QED) is 0.760. The maximum atomic E-state index is 13.1. The molecule has 3 aromatic rings. The molecule has 6 nitrogen and oxygen atoms in total. The Hall–Kier alpha value is -3.15. The van der Waals surface area contributed by atoms with Crippen LogP contribution in [0.3, 0.4) is 0 Å². The SMILES string of the molecule is CCC1CN(C(=O)c2ccc3nc[nH]c3c2)CCC(=O)N1Cc1ccccc1. The Morgan fingerprint density at radius 1 is 1.21 bits per heavy atom. The molecule has 0 aliphatic carbocycles. The van der Waals surface area contributed by atoms with Crippen LogP contribution in [0.25, 0.3) is 11.0 Å². The van der Waals surface area contributed by atoms with Crippen molar-refractivity contribution in [2.24, 2.45) is 0 Å². The zero-order valence-electron chi connectivity index (χ0n) is 16.0. The van der Waals surface area contributed by atoms with E-state index in [4.69, 9.17) is 0 Å². The van der Waals surface area contributed by atoms with Crippen LogP contribution in [-0.2, 0) is 11.3 Å². The van der Waals surface area contributed by atoms with E-state index in [0.29, 0.717) is 31.6 Å². The van der Waals surface area contributed by atoms with Crippen LogP contribution >= 0.6 is 0 Å². The second-order valence-corrected chi connectivity index (χ2v) is 7.20. The first-order valence-corrected chi connectivity index (χ1v) is 9.71. The van der Waals surface area contributed by atoms with Crippen LogP contribution in [0.5, 0.6) is 0 Å². The van der Waals surface area contributed by atoms with Crippen LogP contribution < -0.4 is 0 Å². The molecule has 1 N–H and O–H groups in total. The molecule has 0 saturated carbocycles. The van der Waals surface area contributed by atoms with Crippen molar-refractivity contribution in [3.05, 3.63) is 66.0 Å². The van der Waals surface area contributed by atoms with E-state index >= 15 is 0 Å². The molecule has 0 bridgehead atoms. The normalized spacial score (nSPS) is 17.8. The van der Waals surface area contributed by atoms with Gasteiger partial charge in [0.05, 0.1) is 17.4 Å². The molecule has 2 amide bonds. The molecule has 6 heteroatoms. The van der Waals surface area contributed by atoms with Crippen molar-refractivity contribution in [2.45, 2.75) is 32.4 Å². The van der Waals surface area contributed by atoms with Gasteiger partial charge in [0, 0.05) is 37.7 Å². The van der Waals surface area contributed by atoms with Crippen LogP contribution in [0.15, 0.2) is 54.9 Å². The number of carbonyl (C=O) groups is 2. The number of aromatic nitrogens is 2. The van der Waals surface area contributed by atoms with Crippen LogP contribution in [0.1, 0.15) is 35.7 Å². The zero-order valence-corrected chi connectivity index (χ0v) is 16.0. The highest BCUT2D eigenvalue weighted by Crippen LogP contribution is 2.20. The standard InChI is InChI=1S/C22H24N4O2/c1-2-18-14-25(22(28)17-8-9-19-20(12-17)24-15-23-19)11-10-21(27)26(18)13-16-6-4-3-5-7-16/h3-9,12,15,18H,2,10-11,13-14H2,1H3,(H,23,24). The van der Waals surface area contributed by atoms with Gasteiger partial charge in [0.2, 0.25) is 5.91 Å². The summed E-state index contributed by atoms with van der Waals surface area (Å²) in [5.74, 6) is 0.0688. The summed E-state index contributed by atoms with van der Waals surface area (Å²) in [6.07, 6.45) is 2.78. The number of benzene rings is 2. The lowest BCUT2D eigenvalue weighted by atomic mass is 10.1. The maximum Gasteiger partial charge on any atom is 0.254 e. The number of nitrogens with one attached hydrogen (secondary N) is 1. The predicted molar refractivity (Wildman–Crippen MR) is 108 cm³/mol. The van der Waals surface area contributed by atoms with Crippen molar-refractivity contribution in [3.63, 3.8) is 0 Å². The van der Waals surface area contributed by atoms with Crippen molar-refractivity contribution in [1.29, 1.82) is 0 Å². The number of aromatic amines is 1. The summed E-state index contributed by atoms with van der Waals surface area (Å²) in [6, 6.07) is 15.5. The van der Waals surface area contributed by atoms with Gasteiger partial charge in [-0.05, 0) is 30.2 Å². The Morgan fingerprint density at radius 2 is 2.04 bits per heavy atom. The lowest BCUT2D eigenvalue weighted by molar-refractivity contribution is -0.133.